The molecular formula is C23H33N5O3. The third kappa shape index (κ3) is 5.93. The second-order valence-corrected chi connectivity index (χ2v) is 7.62. The number of hydrogen-bond acceptors (Lipinski definition) is 5. The molecule has 1 aliphatic rings. The Bertz CT molecular complexity index is 844. The number of hydrogen-bond donors (Lipinski definition) is 1. The second kappa shape index (κ2) is 11.9. The number of carbonyl (C=O) groups is 2. The number of nitrogens with two attached hydrogens (primary N) is 1. The molecule has 31 heavy (non-hydrogen) atoms. The van der Waals surface area contributed by atoms with Gasteiger partial charge in [-0.15, -0.1) is 0 Å². The molecule has 1 aliphatic carbocycles. The Labute approximate surface area is 184 Å². The van der Waals surface area contributed by atoms with Gasteiger partial charge in [0.25, 0.3) is 0 Å². The molecule has 0 radical (unpaired) electrons. The quantitative estimate of drug-likeness (QED) is 0.350. The molecule has 0 saturated heterocycles. The Kier molecular flexibility index (Phi) is 9.24. The molecule has 2 N–H and O–H groups in total. The fourth-order valence-corrected chi connectivity index (χ4v) is 3.82. The molecule has 1 amide bonds. The van der Waals surface area contributed by atoms with E-state index in [-0.39, 0.29) is 6.04 Å². The van der Waals surface area contributed by atoms with Crippen LogP contribution in [0.5, 0.6) is 5.75 Å². The number of aliphatic imine (C=N–C) groups is 2. The topological polar surface area (TPSA) is 101 Å². The van der Waals surface area contributed by atoms with Crippen LogP contribution in [-0.4, -0.2) is 60.9 Å². The molecule has 0 heterocycles. The van der Waals surface area contributed by atoms with Gasteiger partial charge in [-0.25, -0.2) is 9.98 Å². The van der Waals surface area contributed by atoms with Crippen LogP contribution in [0.1, 0.15) is 56.3 Å². The minimum absolute atomic E-state index is 0.187. The number of amides is 1. The first-order valence-corrected chi connectivity index (χ1v) is 10.6. The zero-order chi connectivity index (χ0) is 22.8. The first-order valence-electron chi connectivity index (χ1n) is 10.6. The van der Waals surface area contributed by atoms with Crippen LogP contribution in [0.25, 0.3) is 0 Å². The lowest BCUT2D eigenvalue weighted by Gasteiger charge is -2.38. The minimum Gasteiger partial charge on any atom is -0.494 e. The van der Waals surface area contributed by atoms with E-state index in [9.17, 15) is 9.59 Å². The maximum absolute atomic E-state index is 11.7. The summed E-state index contributed by atoms with van der Waals surface area (Å²) >= 11 is 0. The zero-order valence-electron chi connectivity index (χ0n) is 18.8. The SMILES string of the molecule is CCC(C)N(C(=Nc1ccc(C=O)cc1OC)/C(=C\N=CN)N(C)C=O)C1CCCC1. The number of ether oxygens (including phenoxy) is 1. The van der Waals surface area contributed by atoms with Crippen LogP contribution in [-0.2, 0) is 4.79 Å². The first-order chi connectivity index (χ1) is 15.0. The van der Waals surface area contributed by atoms with Crippen molar-refractivity contribution in [2.24, 2.45) is 15.7 Å². The lowest BCUT2D eigenvalue weighted by atomic mass is 10.1. The second-order valence-electron chi connectivity index (χ2n) is 7.62. The number of methoxy groups -OCH3 is 1. The fourth-order valence-electron chi connectivity index (χ4n) is 3.82. The fraction of sp³-hybridized carbons (Fsp3) is 0.478. The summed E-state index contributed by atoms with van der Waals surface area (Å²) in [5.74, 6) is 1.10. The van der Waals surface area contributed by atoms with Gasteiger partial charge in [-0.3, -0.25) is 9.59 Å². The van der Waals surface area contributed by atoms with Crippen molar-refractivity contribution in [2.75, 3.05) is 14.2 Å². The third-order valence-corrected chi connectivity index (χ3v) is 5.64. The van der Waals surface area contributed by atoms with Crippen LogP contribution in [0.4, 0.5) is 5.69 Å². The summed E-state index contributed by atoms with van der Waals surface area (Å²) in [5.41, 5.74) is 7.08. The van der Waals surface area contributed by atoms with E-state index in [4.69, 9.17) is 15.5 Å². The van der Waals surface area contributed by atoms with Gasteiger partial charge >= 0.3 is 0 Å². The summed E-state index contributed by atoms with van der Waals surface area (Å²) < 4.78 is 5.49. The highest BCUT2D eigenvalue weighted by molar-refractivity contribution is 6.01. The maximum atomic E-state index is 11.7. The lowest BCUT2D eigenvalue weighted by molar-refractivity contribution is -0.115. The van der Waals surface area contributed by atoms with Crippen LogP contribution in [0.2, 0.25) is 0 Å². The van der Waals surface area contributed by atoms with Crippen LogP contribution in [0.15, 0.2) is 40.1 Å². The molecule has 2 rings (SSSR count). The van der Waals surface area contributed by atoms with Crippen molar-refractivity contribution in [1.82, 2.24) is 9.80 Å². The van der Waals surface area contributed by atoms with Crippen LogP contribution in [0.3, 0.4) is 0 Å². The summed E-state index contributed by atoms with van der Waals surface area (Å²) in [5, 5.41) is 0. The standard InChI is InChI=1S/C23H33N5O3/c1-5-17(2)28(19-8-6-7-9-19)23(21(13-25-15-24)27(3)16-30)26-20-11-10-18(14-29)12-22(20)31-4/h10-17,19H,5-9H2,1-4H3,(H2,24,25)/b21-13+,26-23?. The maximum Gasteiger partial charge on any atom is 0.214 e. The van der Waals surface area contributed by atoms with E-state index in [0.29, 0.717) is 34.6 Å². The Morgan fingerprint density at radius 2 is 2.03 bits per heavy atom. The van der Waals surface area contributed by atoms with Crippen molar-refractivity contribution in [3.05, 3.63) is 35.7 Å². The predicted octanol–water partition coefficient (Wildman–Crippen LogP) is 3.50. The smallest absolute Gasteiger partial charge is 0.214 e. The number of benzene rings is 1. The van der Waals surface area contributed by atoms with Crippen molar-refractivity contribution in [3.63, 3.8) is 0 Å². The highest BCUT2D eigenvalue weighted by Gasteiger charge is 2.31. The van der Waals surface area contributed by atoms with Crippen molar-refractivity contribution in [2.45, 2.75) is 58.0 Å². The van der Waals surface area contributed by atoms with Gasteiger partial charge in [-0.1, -0.05) is 19.8 Å². The largest absolute Gasteiger partial charge is 0.494 e. The Hall–Kier alpha value is -3.16. The molecule has 1 atom stereocenters. The molecule has 8 heteroatoms. The van der Waals surface area contributed by atoms with E-state index in [0.717, 1.165) is 44.8 Å². The molecular weight excluding hydrogens is 394 g/mol. The molecule has 0 aliphatic heterocycles. The van der Waals surface area contributed by atoms with E-state index in [2.05, 4.69) is 23.7 Å². The molecule has 1 aromatic rings. The molecule has 1 saturated carbocycles. The summed E-state index contributed by atoms with van der Waals surface area (Å²) in [7, 11) is 3.20. The number of aldehydes is 1. The van der Waals surface area contributed by atoms with Crippen molar-refractivity contribution < 1.29 is 14.3 Å². The van der Waals surface area contributed by atoms with Gasteiger partial charge in [0.05, 0.1) is 19.6 Å². The number of rotatable bonds is 10. The molecule has 0 bridgehead atoms. The minimum atomic E-state index is 0.187. The molecule has 0 spiro atoms. The van der Waals surface area contributed by atoms with E-state index in [1.54, 1.807) is 38.6 Å². The van der Waals surface area contributed by atoms with E-state index in [1.165, 1.54) is 11.2 Å². The van der Waals surface area contributed by atoms with Gasteiger partial charge in [-0.05, 0) is 44.4 Å². The van der Waals surface area contributed by atoms with Gasteiger partial charge < -0.3 is 20.3 Å². The number of carbonyl (C=O) groups excluding carboxylic acids is 2. The number of amidine groups is 1. The molecule has 1 unspecified atom stereocenters. The monoisotopic (exact) mass is 427 g/mol. The van der Waals surface area contributed by atoms with E-state index < -0.39 is 0 Å². The molecule has 1 aromatic carbocycles. The van der Waals surface area contributed by atoms with Crippen molar-refractivity contribution >= 4 is 30.6 Å². The van der Waals surface area contributed by atoms with Gasteiger partial charge in [-0.2, -0.15) is 0 Å². The molecule has 8 nitrogen and oxygen atoms in total. The summed E-state index contributed by atoms with van der Waals surface area (Å²) in [6, 6.07) is 5.58. The predicted molar refractivity (Wildman–Crippen MR) is 124 cm³/mol. The Morgan fingerprint density at radius 3 is 2.58 bits per heavy atom. The highest BCUT2D eigenvalue weighted by atomic mass is 16.5. The third-order valence-electron chi connectivity index (χ3n) is 5.64. The van der Waals surface area contributed by atoms with E-state index in [1.807, 2.05) is 0 Å². The average Bonchev–Trinajstić information content (AvgIpc) is 3.33. The van der Waals surface area contributed by atoms with Gasteiger partial charge in [0, 0.05) is 24.7 Å². The summed E-state index contributed by atoms with van der Waals surface area (Å²) in [4.78, 5) is 35.7. The number of likely N-dealkylation sites (N-methyl/N-ethyl adjacent to an activating group) is 1. The van der Waals surface area contributed by atoms with Crippen LogP contribution >= 0.6 is 0 Å². The van der Waals surface area contributed by atoms with Crippen molar-refractivity contribution in [1.29, 1.82) is 0 Å². The van der Waals surface area contributed by atoms with E-state index >= 15 is 0 Å². The molecule has 1 fully saturated rings. The summed E-state index contributed by atoms with van der Waals surface area (Å²) in [6.07, 6.45) is 9.56. The molecule has 168 valence electrons. The number of nitrogens with zero attached hydrogens (tertiary/aromatic N) is 4. The Morgan fingerprint density at radius 1 is 1.32 bits per heavy atom. The highest BCUT2D eigenvalue weighted by Crippen LogP contribution is 2.33. The lowest BCUT2D eigenvalue weighted by Crippen LogP contribution is -2.47. The first kappa shape index (κ1) is 24.1. The van der Waals surface area contributed by atoms with Gasteiger partial charge in [0.1, 0.15) is 23.4 Å². The van der Waals surface area contributed by atoms with Crippen LogP contribution < -0.4 is 10.5 Å². The van der Waals surface area contributed by atoms with Crippen LogP contribution in [0, 0.1) is 0 Å². The zero-order valence-corrected chi connectivity index (χ0v) is 18.8. The normalized spacial score (nSPS) is 16.4. The van der Waals surface area contributed by atoms with Crippen molar-refractivity contribution in [3.8, 4) is 5.75 Å². The summed E-state index contributed by atoms with van der Waals surface area (Å²) in [6.45, 7) is 4.29. The average molecular weight is 428 g/mol. The Balaban J connectivity index is 2.75. The van der Waals surface area contributed by atoms with Gasteiger partial charge in [0.15, 0.2) is 5.84 Å². The van der Waals surface area contributed by atoms with Gasteiger partial charge in [0.2, 0.25) is 6.41 Å². The molecule has 0 aromatic heterocycles.